The van der Waals surface area contributed by atoms with Gasteiger partial charge in [0.1, 0.15) is 18.4 Å². The predicted octanol–water partition coefficient (Wildman–Crippen LogP) is 7.03. The van der Waals surface area contributed by atoms with E-state index in [0.29, 0.717) is 5.56 Å². The Kier molecular flexibility index (Phi) is 11.0. The van der Waals surface area contributed by atoms with Gasteiger partial charge in [-0.25, -0.2) is 12.8 Å². The minimum absolute atomic E-state index is 0.0168. The Morgan fingerprint density at radius 3 is 2.13 bits per heavy atom. The largest absolute Gasteiger partial charge is 0.352 e. The standard InChI is InChI=1S/C35H34Cl2FN3O4S/c36-27-17-20-31(37)32(22-27)41(46(44,45)30-13-5-2-6-14-30)24-34(42)40(23-26-15-18-28(38)19-16-26)33(21-25-9-3-1-4-10-25)35(43)39-29-11-7-8-12-29/h1-6,9-10,13-20,22,29,33H,7-8,11-12,21,23-24H2,(H,39,43)/t33-/m1/s1. The lowest BCUT2D eigenvalue weighted by atomic mass is 10.0. The van der Waals surface area contributed by atoms with Gasteiger partial charge in [0.15, 0.2) is 0 Å². The Bertz CT molecular complexity index is 1750. The number of nitrogens with zero attached hydrogens (tertiary/aromatic N) is 2. The fourth-order valence-electron chi connectivity index (χ4n) is 5.62. The molecule has 1 aliphatic rings. The van der Waals surface area contributed by atoms with E-state index in [-0.39, 0.29) is 45.5 Å². The molecular weight excluding hydrogens is 648 g/mol. The molecule has 0 aromatic heterocycles. The molecule has 0 unspecified atom stereocenters. The van der Waals surface area contributed by atoms with E-state index < -0.39 is 34.3 Å². The van der Waals surface area contributed by atoms with E-state index in [2.05, 4.69) is 5.32 Å². The molecule has 240 valence electrons. The number of amides is 2. The third-order valence-corrected chi connectivity index (χ3v) is 10.4. The Labute approximate surface area is 279 Å². The second-order valence-corrected chi connectivity index (χ2v) is 14.0. The van der Waals surface area contributed by atoms with Crippen LogP contribution in [0.4, 0.5) is 10.1 Å². The SMILES string of the molecule is O=C(NC1CCCC1)[C@@H](Cc1ccccc1)N(Cc1ccc(F)cc1)C(=O)CN(c1cc(Cl)ccc1Cl)S(=O)(=O)c1ccccc1. The van der Waals surface area contributed by atoms with Gasteiger partial charge in [0.05, 0.1) is 15.6 Å². The number of hydrogen-bond donors (Lipinski definition) is 1. The third kappa shape index (κ3) is 8.26. The van der Waals surface area contributed by atoms with E-state index in [0.717, 1.165) is 35.6 Å². The fraction of sp³-hybridized carbons (Fsp3) is 0.257. The van der Waals surface area contributed by atoms with Crippen LogP contribution >= 0.6 is 23.2 Å². The number of hydrogen-bond acceptors (Lipinski definition) is 4. The van der Waals surface area contributed by atoms with Crippen LogP contribution in [0.2, 0.25) is 10.0 Å². The summed E-state index contributed by atoms with van der Waals surface area (Å²) in [7, 11) is -4.33. The Hall–Kier alpha value is -3.92. The van der Waals surface area contributed by atoms with Crippen molar-refractivity contribution >= 4 is 50.7 Å². The molecule has 1 fully saturated rings. The van der Waals surface area contributed by atoms with Crippen molar-refractivity contribution in [3.63, 3.8) is 0 Å². The zero-order valence-electron chi connectivity index (χ0n) is 25.0. The number of benzene rings is 4. The van der Waals surface area contributed by atoms with Crippen molar-refractivity contribution < 1.29 is 22.4 Å². The van der Waals surface area contributed by atoms with Crippen LogP contribution in [0.25, 0.3) is 0 Å². The van der Waals surface area contributed by atoms with Crippen LogP contribution in [-0.2, 0) is 32.6 Å². The van der Waals surface area contributed by atoms with E-state index in [1.54, 1.807) is 18.2 Å². The lowest BCUT2D eigenvalue weighted by molar-refractivity contribution is -0.140. The molecule has 1 saturated carbocycles. The first kappa shape index (κ1) is 33.4. The number of rotatable bonds is 12. The first-order chi connectivity index (χ1) is 22.1. The summed E-state index contributed by atoms with van der Waals surface area (Å²) in [5.41, 5.74) is 1.40. The van der Waals surface area contributed by atoms with Crippen LogP contribution in [0.15, 0.2) is 108 Å². The highest BCUT2D eigenvalue weighted by Gasteiger charge is 2.36. The molecule has 1 N–H and O–H groups in total. The molecule has 0 bridgehead atoms. The summed E-state index contributed by atoms with van der Waals surface area (Å²) in [6, 6.07) is 26.0. The molecule has 0 heterocycles. The monoisotopic (exact) mass is 681 g/mol. The molecule has 1 aliphatic carbocycles. The second kappa shape index (κ2) is 15.1. The summed E-state index contributed by atoms with van der Waals surface area (Å²) in [4.78, 5) is 29.9. The molecule has 1 atom stereocenters. The van der Waals surface area contributed by atoms with Crippen molar-refractivity contribution in [1.29, 1.82) is 0 Å². The van der Waals surface area contributed by atoms with Crippen LogP contribution in [0, 0.1) is 5.82 Å². The topological polar surface area (TPSA) is 86.8 Å². The fourth-order valence-corrected chi connectivity index (χ4v) is 7.50. The van der Waals surface area contributed by atoms with Gasteiger partial charge in [-0.1, -0.05) is 96.7 Å². The number of nitrogens with one attached hydrogen (secondary N) is 1. The maximum absolute atomic E-state index is 14.5. The summed E-state index contributed by atoms with van der Waals surface area (Å²) >= 11 is 12.8. The van der Waals surface area contributed by atoms with Gasteiger partial charge in [-0.15, -0.1) is 0 Å². The molecule has 4 aromatic carbocycles. The van der Waals surface area contributed by atoms with E-state index >= 15 is 0 Å². The van der Waals surface area contributed by atoms with Crippen LogP contribution in [0.5, 0.6) is 0 Å². The van der Waals surface area contributed by atoms with Gasteiger partial charge in [-0.05, 0) is 66.4 Å². The third-order valence-electron chi connectivity index (χ3n) is 8.03. The molecule has 0 spiro atoms. The molecule has 0 radical (unpaired) electrons. The van der Waals surface area contributed by atoms with Gasteiger partial charge < -0.3 is 10.2 Å². The number of sulfonamides is 1. The first-order valence-electron chi connectivity index (χ1n) is 15.0. The molecule has 4 aromatic rings. The van der Waals surface area contributed by atoms with Crippen molar-refractivity contribution in [2.45, 2.75) is 55.6 Å². The molecule has 0 saturated heterocycles. The Morgan fingerprint density at radius 2 is 1.48 bits per heavy atom. The van der Waals surface area contributed by atoms with Gasteiger partial charge in [-0.2, -0.15) is 0 Å². The van der Waals surface area contributed by atoms with E-state index in [1.807, 2.05) is 30.3 Å². The lowest BCUT2D eigenvalue weighted by Crippen LogP contribution is -2.54. The summed E-state index contributed by atoms with van der Waals surface area (Å²) in [5, 5.41) is 3.42. The van der Waals surface area contributed by atoms with Crippen molar-refractivity contribution in [2.24, 2.45) is 0 Å². The van der Waals surface area contributed by atoms with Crippen molar-refractivity contribution in [3.05, 3.63) is 130 Å². The van der Waals surface area contributed by atoms with Crippen LogP contribution in [0.1, 0.15) is 36.8 Å². The lowest BCUT2D eigenvalue weighted by Gasteiger charge is -2.34. The number of anilines is 1. The molecule has 11 heteroatoms. The molecular formula is C35H34Cl2FN3O4S. The van der Waals surface area contributed by atoms with Gasteiger partial charge in [-0.3, -0.25) is 13.9 Å². The van der Waals surface area contributed by atoms with Crippen molar-refractivity contribution in [2.75, 3.05) is 10.8 Å². The average molecular weight is 683 g/mol. The van der Waals surface area contributed by atoms with Gasteiger partial charge >= 0.3 is 0 Å². The van der Waals surface area contributed by atoms with Crippen molar-refractivity contribution in [1.82, 2.24) is 10.2 Å². The van der Waals surface area contributed by atoms with E-state index in [1.165, 1.54) is 59.5 Å². The van der Waals surface area contributed by atoms with Crippen LogP contribution in [0.3, 0.4) is 0 Å². The molecule has 46 heavy (non-hydrogen) atoms. The predicted molar refractivity (Wildman–Crippen MR) is 179 cm³/mol. The highest BCUT2D eigenvalue weighted by Crippen LogP contribution is 2.33. The van der Waals surface area contributed by atoms with Gasteiger partial charge in [0.2, 0.25) is 11.8 Å². The molecule has 7 nitrogen and oxygen atoms in total. The normalized spacial score (nSPS) is 14.1. The smallest absolute Gasteiger partial charge is 0.264 e. The van der Waals surface area contributed by atoms with Gasteiger partial charge in [0, 0.05) is 24.0 Å². The maximum atomic E-state index is 14.5. The Balaban J connectivity index is 1.58. The number of carbonyl (C=O) groups excluding carboxylic acids is 2. The Morgan fingerprint density at radius 1 is 0.848 bits per heavy atom. The minimum Gasteiger partial charge on any atom is -0.352 e. The summed E-state index contributed by atoms with van der Waals surface area (Å²) < 4.78 is 43.0. The second-order valence-electron chi connectivity index (χ2n) is 11.3. The summed E-state index contributed by atoms with van der Waals surface area (Å²) in [6.07, 6.45) is 3.85. The quantitative estimate of drug-likeness (QED) is 0.174. The highest BCUT2D eigenvalue weighted by atomic mass is 35.5. The van der Waals surface area contributed by atoms with E-state index in [4.69, 9.17) is 23.2 Å². The summed E-state index contributed by atoms with van der Waals surface area (Å²) in [5.74, 6) is -1.44. The number of carbonyl (C=O) groups is 2. The summed E-state index contributed by atoms with van der Waals surface area (Å²) in [6.45, 7) is -0.752. The van der Waals surface area contributed by atoms with Crippen LogP contribution in [-0.4, -0.2) is 43.8 Å². The zero-order chi connectivity index (χ0) is 32.7. The van der Waals surface area contributed by atoms with E-state index in [9.17, 15) is 22.4 Å². The van der Waals surface area contributed by atoms with Gasteiger partial charge in [0.25, 0.3) is 10.0 Å². The zero-order valence-corrected chi connectivity index (χ0v) is 27.3. The molecule has 5 rings (SSSR count). The number of halogens is 3. The average Bonchev–Trinajstić information content (AvgIpc) is 3.57. The minimum atomic E-state index is -4.33. The maximum Gasteiger partial charge on any atom is 0.264 e. The van der Waals surface area contributed by atoms with Crippen molar-refractivity contribution in [3.8, 4) is 0 Å². The highest BCUT2D eigenvalue weighted by molar-refractivity contribution is 7.92. The first-order valence-corrected chi connectivity index (χ1v) is 17.2. The molecule has 2 amide bonds. The van der Waals surface area contributed by atoms with Crippen LogP contribution < -0.4 is 9.62 Å². The molecule has 0 aliphatic heterocycles.